The lowest BCUT2D eigenvalue weighted by Crippen LogP contribution is -2.38. The maximum Gasteiger partial charge on any atom is 0.260 e. The minimum absolute atomic E-state index is 0.0431. The summed E-state index contributed by atoms with van der Waals surface area (Å²) in [7, 11) is 0. The Kier molecular flexibility index (Phi) is 3.80. The maximum atomic E-state index is 11.8. The Morgan fingerprint density at radius 2 is 2.12 bits per heavy atom. The van der Waals surface area contributed by atoms with Crippen LogP contribution in [0, 0.1) is 0 Å². The van der Waals surface area contributed by atoms with Crippen molar-refractivity contribution >= 4 is 11.7 Å². The molecule has 1 aromatic rings. The highest BCUT2D eigenvalue weighted by molar-refractivity contribution is 5.77. The fourth-order valence-electron chi connectivity index (χ4n) is 1.86. The van der Waals surface area contributed by atoms with Crippen molar-refractivity contribution in [3.8, 4) is 5.75 Å². The predicted octanol–water partition coefficient (Wildman–Crippen LogP) is 1.06. The second kappa shape index (κ2) is 5.52. The van der Waals surface area contributed by atoms with E-state index in [2.05, 4.69) is 4.98 Å². The minimum atomic E-state index is 0.0431. The number of pyridine rings is 1. The van der Waals surface area contributed by atoms with Crippen LogP contribution in [0.2, 0.25) is 0 Å². The van der Waals surface area contributed by atoms with Crippen LogP contribution in [0.4, 0.5) is 5.82 Å². The first kappa shape index (κ1) is 11.7. The van der Waals surface area contributed by atoms with Crippen LogP contribution in [0.25, 0.3) is 0 Å². The van der Waals surface area contributed by atoms with Gasteiger partial charge in [0.05, 0.1) is 6.20 Å². The lowest BCUT2D eigenvalue weighted by atomic mass is 10.1. The Bertz CT molecular complexity index is 372. The van der Waals surface area contributed by atoms with Crippen molar-refractivity contribution in [3.05, 3.63) is 18.3 Å². The van der Waals surface area contributed by atoms with Gasteiger partial charge in [0.2, 0.25) is 0 Å². The van der Waals surface area contributed by atoms with Crippen LogP contribution in [0.1, 0.15) is 19.3 Å². The monoisotopic (exact) mass is 235 g/mol. The molecule has 92 valence electrons. The second-order valence-electron chi connectivity index (χ2n) is 4.15. The molecule has 1 aliphatic heterocycles. The number of hydrogen-bond acceptors (Lipinski definition) is 4. The van der Waals surface area contributed by atoms with Gasteiger partial charge in [-0.2, -0.15) is 0 Å². The zero-order valence-electron chi connectivity index (χ0n) is 9.76. The summed E-state index contributed by atoms with van der Waals surface area (Å²) in [5, 5.41) is 0. The highest BCUT2D eigenvalue weighted by Crippen LogP contribution is 2.12. The standard InChI is InChI=1S/C12H17N3O2/c13-11-5-4-10(8-14-11)17-9-12(16)15-6-2-1-3-7-15/h4-5,8H,1-3,6-7,9H2,(H2,13,14). The summed E-state index contributed by atoms with van der Waals surface area (Å²) in [6.45, 7) is 1.77. The highest BCUT2D eigenvalue weighted by atomic mass is 16.5. The number of amides is 1. The Labute approximate surface area is 101 Å². The van der Waals surface area contributed by atoms with Crippen LogP contribution in [-0.4, -0.2) is 35.5 Å². The SMILES string of the molecule is Nc1ccc(OCC(=O)N2CCCCC2)cn1. The molecule has 0 unspecified atom stereocenters. The fraction of sp³-hybridized carbons (Fsp3) is 0.500. The number of nitrogens with zero attached hydrogens (tertiary/aromatic N) is 2. The van der Waals surface area contributed by atoms with Crippen LogP contribution in [0.3, 0.4) is 0 Å². The lowest BCUT2D eigenvalue weighted by Gasteiger charge is -2.26. The fourth-order valence-corrected chi connectivity index (χ4v) is 1.86. The molecule has 1 amide bonds. The van der Waals surface area contributed by atoms with Crippen molar-refractivity contribution in [2.45, 2.75) is 19.3 Å². The van der Waals surface area contributed by atoms with Crippen molar-refractivity contribution in [2.24, 2.45) is 0 Å². The summed E-state index contributed by atoms with van der Waals surface area (Å²) in [6, 6.07) is 3.37. The summed E-state index contributed by atoms with van der Waals surface area (Å²) in [6.07, 6.45) is 4.93. The molecule has 0 saturated carbocycles. The van der Waals surface area contributed by atoms with E-state index in [1.165, 1.54) is 12.6 Å². The average molecular weight is 235 g/mol. The molecule has 0 bridgehead atoms. The summed E-state index contributed by atoms with van der Waals surface area (Å²) in [5.41, 5.74) is 5.46. The smallest absolute Gasteiger partial charge is 0.260 e. The van der Waals surface area contributed by atoms with Gasteiger partial charge in [-0.15, -0.1) is 0 Å². The number of likely N-dealkylation sites (tertiary alicyclic amines) is 1. The molecular formula is C12H17N3O2. The second-order valence-corrected chi connectivity index (χ2v) is 4.15. The van der Waals surface area contributed by atoms with E-state index in [0.29, 0.717) is 11.6 Å². The van der Waals surface area contributed by atoms with Gasteiger partial charge in [0, 0.05) is 13.1 Å². The Balaban J connectivity index is 1.81. The van der Waals surface area contributed by atoms with E-state index in [1.807, 2.05) is 4.90 Å². The molecule has 1 aliphatic rings. The molecule has 0 spiro atoms. The summed E-state index contributed by atoms with van der Waals surface area (Å²) in [4.78, 5) is 17.5. The van der Waals surface area contributed by atoms with E-state index in [-0.39, 0.29) is 12.5 Å². The van der Waals surface area contributed by atoms with E-state index < -0.39 is 0 Å². The summed E-state index contributed by atoms with van der Waals surface area (Å²) >= 11 is 0. The number of ether oxygens (including phenoxy) is 1. The average Bonchev–Trinajstić information content (AvgIpc) is 2.39. The topological polar surface area (TPSA) is 68.5 Å². The number of carbonyl (C=O) groups is 1. The first-order valence-corrected chi connectivity index (χ1v) is 5.88. The van der Waals surface area contributed by atoms with Crippen molar-refractivity contribution in [1.29, 1.82) is 0 Å². The molecule has 0 atom stereocenters. The number of aromatic nitrogens is 1. The molecule has 5 heteroatoms. The Morgan fingerprint density at radius 1 is 1.35 bits per heavy atom. The number of hydrogen-bond donors (Lipinski definition) is 1. The van der Waals surface area contributed by atoms with Gasteiger partial charge in [-0.1, -0.05) is 0 Å². The van der Waals surface area contributed by atoms with E-state index in [1.54, 1.807) is 12.1 Å². The molecule has 1 aromatic heterocycles. The van der Waals surface area contributed by atoms with Gasteiger partial charge < -0.3 is 15.4 Å². The van der Waals surface area contributed by atoms with Crippen LogP contribution in [0.15, 0.2) is 18.3 Å². The molecule has 5 nitrogen and oxygen atoms in total. The van der Waals surface area contributed by atoms with Crippen LogP contribution < -0.4 is 10.5 Å². The van der Waals surface area contributed by atoms with Gasteiger partial charge in [-0.3, -0.25) is 4.79 Å². The molecule has 2 heterocycles. The summed E-state index contributed by atoms with van der Waals surface area (Å²) in [5.74, 6) is 1.06. The first-order valence-electron chi connectivity index (χ1n) is 5.88. The Morgan fingerprint density at radius 3 is 2.76 bits per heavy atom. The number of anilines is 1. The minimum Gasteiger partial charge on any atom is -0.482 e. The largest absolute Gasteiger partial charge is 0.482 e. The molecule has 2 rings (SSSR count). The summed E-state index contributed by atoms with van der Waals surface area (Å²) < 4.78 is 5.37. The van der Waals surface area contributed by atoms with Crippen LogP contribution >= 0.6 is 0 Å². The maximum absolute atomic E-state index is 11.8. The van der Waals surface area contributed by atoms with Crippen molar-refractivity contribution in [3.63, 3.8) is 0 Å². The third-order valence-electron chi connectivity index (χ3n) is 2.83. The number of rotatable bonds is 3. The molecule has 1 saturated heterocycles. The van der Waals surface area contributed by atoms with Gasteiger partial charge in [-0.05, 0) is 31.4 Å². The number of carbonyl (C=O) groups excluding carboxylic acids is 1. The van der Waals surface area contributed by atoms with E-state index in [0.717, 1.165) is 25.9 Å². The molecular weight excluding hydrogens is 218 g/mol. The quantitative estimate of drug-likeness (QED) is 0.850. The van der Waals surface area contributed by atoms with E-state index in [9.17, 15) is 4.79 Å². The van der Waals surface area contributed by atoms with E-state index in [4.69, 9.17) is 10.5 Å². The Hall–Kier alpha value is -1.78. The van der Waals surface area contributed by atoms with Crippen LogP contribution in [0.5, 0.6) is 5.75 Å². The number of nitrogens with two attached hydrogens (primary N) is 1. The first-order chi connectivity index (χ1) is 8.25. The lowest BCUT2D eigenvalue weighted by molar-refractivity contribution is -0.134. The predicted molar refractivity (Wildman–Crippen MR) is 64.6 cm³/mol. The highest BCUT2D eigenvalue weighted by Gasteiger charge is 2.16. The molecule has 0 aromatic carbocycles. The molecule has 2 N–H and O–H groups in total. The van der Waals surface area contributed by atoms with E-state index >= 15 is 0 Å². The third kappa shape index (κ3) is 3.34. The van der Waals surface area contributed by atoms with Crippen molar-refractivity contribution in [1.82, 2.24) is 9.88 Å². The number of piperidine rings is 1. The van der Waals surface area contributed by atoms with Gasteiger partial charge >= 0.3 is 0 Å². The molecule has 17 heavy (non-hydrogen) atoms. The number of nitrogen functional groups attached to an aromatic ring is 1. The van der Waals surface area contributed by atoms with Gasteiger partial charge in [0.25, 0.3) is 5.91 Å². The zero-order chi connectivity index (χ0) is 12.1. The van der Waals surface area contributed by atoms with Gasteiger partial charge in [0.1, 0.15) is 11.6 Å². The van der Waals surface area contributed by atoms with Crippen molar-refractivity contribution < 1.29 is 9.53 Å². The molecule has 1 fully saturated rings. The van der Waals surface area contributed by atoms with Gasteiger partial charge in [0.15, 0.2) is 6.61 Å². The molecule has 0 aliphatic carbocycles. The van der Waals surface area contributed by atoms with Crippen molar-refractivity contribution in [2.75, 3.05) is 25.4 Å². The normalized spacial score (nSPS) is 15.6. The van der Waals surface area contributed by atoms with Gasteiger partial charge in [-0.25, -0.2) is 4.98 Å². The third-order valence-corrected chi connectivity index (χ3v) is 2.83. The molecule has 0 radical (unpaired) electrons. The zero-order valence-corrected chi connectivity index (χ0v) is 9.76. The van der Waals surface area contributed by atoms with Crippen LogP contribution in [-0.2, 0) is 4.79 Å².